The van der Waals surface area contributed by atoms with Gasteiger partial charge in [-0.3, -0.25) is 9.59 Å². The molecule has 0 aromatic heterocycles. The smallest absolute Gasteiger partial charge is 0.256 e. The fourth-order valence-corrected chi connectivity index (χ4v) is 4.82. The molecule has 0 saturated carbocycles. The summed E-state index contributed by atoms with van der Waals surface area (Å²) < 4.78 is 5.65. The normalized spacial score (nSPS) is 21.2. The van der Waals surface area contributed by atoms with Crippen LogP contribution in [0.5, 0.6) is 5.75 Å². The Morgan fingerprint density at radius 3 is 2.59 bits per heavy atom. The molecule has 2 heterocycles. The molecule has 0 bridgehead atoms. The Bertz CT molecular complexity index is 1040. The number of piperidine rings is 1. The predicted octanol–water partition coefficient (Wildman–Crippen LogP) is 2.99. The zero-order valence-corrected chi connectivity index (χ0v) is 19.1. The monoisotopic (exact) mass is 474 g/mol. The standard InChI is InChI=1S/C23H24Cl2N4O3/c1-28-22(31)23(12-15-5-3-2-4-6-15)14-29(8-7-20(23)27-28)21(30)19(26)13-32-18-10-16(24)9-17(25)11-18/h2-6,9-11,19H,7-8,12-14,26H2,1H3/t19-,23-/m1/s1. The summed E-state index contributed by atoms with van der Waals surface area (Å²) in [7, 11) is 1.66. The van der Waals surface area contributed by atoms with Gasteiger partial charge in [-0.1, -0.05) is 53.5 Å². The predicted molar refractivity (Wildman–Crippen MR) is 124 cm³/mol. The number of carbonyl (C=O) groups is 2. The van der Waals surface area contributed by atoms with Crippen molar-refractivity contribution in [2.75, 3.05) is 26.7 Å². The number of nitrogens with two attached hydrogens (primary N) is 1. The minimum absolute atomic E-state index is 0.0352. The van der Waals surface area contributed by atoms with Crippen molar-refractivity contribution in [3.05, 3.63) is 64.1 Å². The molecule has 2 atom stereocenters. The largest absolute Gasteiger partial charge is 0.491 e. The van der Waals surface area contributed by atoms with Crippen molar-refractivity contribution in [1.82, 2.24) is 9.91 Å². The third kappa shape index (κ3) is 4.46. The lowest BCUT2D eigenvalue weighted by Gasteiger charge is -2.40. The first-order valence-electron chi connectivity index (χ1n) is 10.3. The molecule has 0 radical (unpaired) electrons. The Morgan fingerprint density at radius 1 is 1.22 bits per heavy atom. The van der Waals surface area contributed by atoms with E-state index in [0.717, 1.165) is 11.3 Å². The molecule has 4 rings (SSSR count). The Labute approximate surface area is 196 Å². The summed E-state index contributed by atoms with van der Waals surface area (Å²) in [5.74, 6) is 0.0613. The summed E-state index contributed by atoms with van der Waals surface area (Å²) in [5.41, 5.74) is 7.12. The highest BCUT2D eigenvalue weighted by Crippen LogP contribution is 2.38. The number of hydrogen-bond donors (Lipinski definition) is 1. The molecule has 1 saturated heterocycles. The van der Waals surface area contributed by atoms with E-state index in [-0.39, 0.29) is 25.0 Å². The lowest BCUT2D eigenvalue weighted by atomic mass is 9.73. The van der Waals surface area contributed by atoms with Crippen LogP contribution in [0.1, 0.15) is 12.0 Å². The summed E-state index contributed by atoms with van der Waals surface area (Å²) in [5, 5.41) is 6.72. The van der Waals surface area contributed by atoms with Crippen LogP contribution in [-0.2, 0) is 16.0 Å². The van der Waals surface area contributed by atoms with Crippen LogP contribution in [0.3, 0.4) is 0 Å². The topological polar surface area (TPSA) is 88.2 Å². The molecular weight excluding hydrogens is 451 g/mol. The van der Waals surface area contributed by atoms with Gasteiger partial charge < -0.3 is 15.4 Å². The Kier molecular flexibility index (Phi) is 6.42. The lowest BCUT2D eigenvalue weighted by molar-refractivity contribution is -0.140. The average molecular weight is 475 g/mol. The maximum absolute atomic E-state index is 13.2. The van der Waals surface area contributed by atoms with Crippen LogP contribution in [0.4, 0.5) is 0 Å². The first kappa shape index (κ1) is 22.6. The van der Waals surface area contributed by atoms with Crippen molar-refractivity contribution in [2.45, 2.75) is 18.9 Å². The summed E-state index contributed by atoms with van der Waals surface area (Å²) in [4.78, 5) is 28.0. The van der Waals surface area contributed by atoms with E-state index in [1.54, 1.807) is 30.1 Å². The molecule has 0 unspecified atom stereocenters. The van der Waals surface area contributed by atoms with Crippen LogP contribution >= 0.6 is 23.2 Å². The number of hydrazone groups is 1. The van der Waals surface area contributed by atoms with E-state index in [1.165, 1.54) is 5.01 Å². The second-order valence-electron chi connectivity index (χ2n) is 8.15. The van der Waals surface area contributed by atoms with Gasteiger partial charge in [0.05, 0.1) is 5.71 Å². The lowest BCUT2D eigenvalue weighted by Crippen LogP contribution is -2.58. The van der Waals surface area contributed by atoms with Crippen LogP contribution in [0.2, 0.25) is 10.0 Å². The van der Waals surface area contributed by atoms with Gasteiger partial charge in [-0.05, 0) is 30.2 Å². The van der Waals surface area contributed by atoms with Gasteiger partial charge in [-0.15, -0.1) is 0 Å². The van der Waals surface area contributed by atoms with Crippen molar-refractivity contribution < 1.29 is 14.3 Å². The quantitative estimate of drug-likeness (QED) is 0.696. The molecule has 2 N–H and O–H groups in total. The molecule has 32 heavy (non-hydrogen) atoms. The van der Waals surface area contributed by atoms with Gasteiger partial charge in [0.25, 0.3) is 5.91 Å². The molecule has 2 aromatic carbocycles. The summed E-state index contributed by atoms with van der Waals surface area (Å²) >= 11 is 12.0. The number of carbonyl (C=O) groups excluding carboxylic acids is 2. The highest BCUT2D eigenvalue weighted by molar-refractivity contribution is 6.34. The molecule has 2 aromatic rings. The van der Waals surface area contributed by atoms with E-state index in [1.807, 2.05) is 30.3 Å². The molecule has 0 aliphatic carbocycles. The van der Waals surface area contributed by atoms with E-state index >= 15 is 0 Å². The van der Waals surface area contributed by atoms with E-state index < -0.39 is 11.5 Å². The maximum atomic E-state index is 13.2. The molecule has 9 heteroatoms. The SMILES string of the molecule is CN1N=C2CCN(C(=O)[C@H](N)COc3cc(Cl)cc(Cl)c3)C[C@@]2(Cc2ccccc2)C1=O. The van der Waals surface area contributed by atoms with Gasteiger partial charge in [0.2, 0.25) is 5.91 Å². The molecule has 2 aliphatic rings. The van der Waals surface area contributed by atoms with Gasteiger partial charge in [0.15, 0.2) is 0 Å². The highest BCUT2D eigenvalue weighted by Gasteiger charge is 2.53. The number of amides is 2. The molecule has 0 spiro atoms. The molecule has 2 aliphatic heterocycles. The third-order valence-corrected chi connectivity index (χ3v) is 6.29. The first-order chi connectivity index (χ1) is 15.3. The number of fused-ring (bicyclic) bond motifs is 1. The number of hydrogen-bond acceptors (Lipinski definition) is 5. The number of benzene rings is 2. The fourth-order valence-electron chi connectivity index (χ4n) is 4.32. The molecular formula is C23H24Cl2N4O3. The highest BCUT2D eigenvalue weighted by atomic mass is 35.5. The second kappa shape index (κ2) is 9.10. The van der Waals surface area contributed by atoms with Gasteiger partial charge in [0.1, 0.15) is 23.8 Å². The third-order valence-electron chi connectivity index (χ3n) is 5.85. The van der Waals surface area contributed by atoms with Gasteiger partial charge >= 0.3 is 0 Å². The number of likely N-dealkylation sites (tertiary alicyclic amines) is 1. The number of ether oxygens (including phenoxy) is 1. The van der Waals surface area contributed by atoms with Crippen LogP contribution in [0.15, 0.2) is 53.6 Å². The van der Waals surface area contributed by atoms with Crippen molar-refractivity contribution >= 4 is 40.7 Å². The minimum atomic E-state index is -0.894. The Balaban J connectivity index is 1.48. The van der Waals surface area contributed by atoms with Gasteiger partial charge in [-0.25, -0.2) is 5.01 Å². The van der Waals surface area contributed by atoms with Crippen molar-refractivity contribution in [3.8, 4) is 5.75 Å². The minimum Gasteiger partial charge on any atom is -0.491 e. The Hall–Kier alpha value is -2.61. The fraction of sp³-hybridized carbons (Fsp3) is 0.348. The van der Waals surface area contributed by atoms with Crippen LogP contribution in [-0.4, -0.2) is 60.2 Å². The maximum Gasteiger partial charge on any atom is 0.256 e. The van der Waals surface area contributed by atoms with Crippen LogP contribution < -0.4 is 10.5 Å². The molecule has 2 amide bonds. The second-order valence-corrected chi connectivity index (χ2v) is 9.03. The van der Waals surface area contributed by atoms with Gasteiger partial charge in [-0.2, -0.15) is 5.10 Å². The van der Waals surface area contributed by atoms with Gasteiger partial charge in [0, 0.05) is 36.6 Å². The average Bonchev–Trinajstić information content (AvgIpc) is 3.01. The van der Waals surface area contributed by atoms with E-state index in [0.29, 0.717) is 35.2 Å². The first-order valence-corrected chi connectivity index (χ1v) is 11.1. The molecule has 168 valence electrons. The summed E-state index contributed by atoms with van der Waals surface area (Å²) in [6.45, 7) is 0.651. The summed E-state index contributed by atoms with van der Waals surface area (Å²) in [6, 6.07) is 13.7. The number of rotatable bonds is 6. The molecule has 7 nitrogen and oxygen atoms in total. The molecule has 1 fully saturated rings. The van der Waals surface area contributed by atoms with E-state index in [9.17, 15) is 9.59 Å². The van der Waals surface area contributed by atoms with Crippen molar-refractivity contribution in [3.63, 3.8) is 0 Å². The van der Waals surface area contributed by atoms with E-state index in [2.05, 4.69) is 5.10 Å². The van der Waals surface area contributed by atoms with Crippen LogP contribution in [0, 0.1) is 5.41 Å². The van der Waals surface area contributed by atoms with Crippen molar-refractivity contribution in [2.24, 2.45) is 16.3 Å². The van der Waals surface area contributed by atoms with E-state index in [4.69, 9.17) is 33.7 Å². The zero-order valence-electron chi connectivity index (χ0n) is 17.6. The van der Waals surface area contributed by atoms with Crippen molar-refractivity contribution in [1.29, 1.82) is 0 Å². The summed E-state index contributed by atoms with van der Waals surface area (Å²) in [6.07, 6.45) is 0.999. The zero-order chi connectivity index (χ0) is 22.9. The van der Waals surface area contributed by atoms with Crippen LogP contribution in [0.25, 0.3) is 0 Å². The number of halogens is 2. The number of nitrogens with zero attached hydrogens (tertiary/aromatic N) is 3. The Morgan fingerprint density at radius 2 is 1.91 bits per heavy atom.